The van der Waals surface area contributed by atoms with Crippen molar-refractivity contribution in [2.75, 3.05) is 0 Å². The first-order valence-electron chi connectivity index (χ1n) is 5.80. The van der Waals surface area contributed by atoms with E-state index in [0.29, 0.717) is 0 Å². The fourth-order valence-corrected chi connectivity index (χ4v) is 2.44. The molecule has 1 aliphatic heterocycles. The smallest absolute Gasteiger partial charge is 0.235 e. The summed E-state index contributed by atoms with van der Waals surface area (Å²) >= 11 is 3.35. The molecular formula is C15H9BrO4. The Morgan fingerprint density at radius 3 is 2.70 bits per heavy atom. The molecule has 0 saturated carbocycles. The van der Waals surface area contributed by atoms with Crippen LogP contribution in [0.5, 0.6) is 17.2 Å². The molecule has 0 spiro atoms. The molecule has 1 heterocycles. The highest BCUT2D eigenvalue weighted by Gasteiger charge is 2.31. The van der Waals surface area contributed by atoms with Crippen LogP contribution in [0, 0.1) is 0 Å². The minimum absolute atomic E-state index is 0.0732. The number of rotatable bonds is 1. The highest BCUT2D eigenvalue weighted by molar-refractivity contribution is 9.10. The van der Waals surface area contributed by atoms with Crippen LogP contribution in [0.15, 0.2) is 46.6 Å². The fraction of sp³-hybridized carbons (Fsp3) is 0. The fourth-order valence-electron chi connectivity index (χ4n) is 2.03. The van der Waals surface area contributed by atoms with Gasteiger partial charge in [0, 0.05) is 16.6 Å². The summed E-state index contributed by atoms with van der Waals surface area (Å²) in [5, 5.41) is 19.1. The molecule has 0 unspecified atom stereocenters. The first-order valence-corrected chi connectivity index (χ1v) is 6.59. The monoisotopic (exact) mass is 332 g/mol. The number of halogens is 1. The SMILES string of the molecule is O=C1/C(=C/c2cccc(Br)c2)Oc2cc(O)cc(O)c21. The molecule has 0 fully saturated rings. The van der Waals surface area contributed by atoms with Gasteiger partial charge in [0.1, 0.15) is 22.8 Å². The van der Waals surface area contributed by atoms with Crippen molar-refractivity contribution in [2.24, 2.45) is 0 Å². The standard InChI is InChI=1S/C15H9BrO4/c16-9-3-1-2-8(4-9)5-13-15(19)14-11(18)6-10(17)7-12(14)20-13/h1-7,17-18H/b13-5-. The number of ketones is 1. The molecule has 0 aliphatic carbocycles. The van der Waals surface area contributed by atoms with Crippen LogP contribution in [0.3, 0.4) is 0 Å². The van der Waals surface area contributed by atoms with Crippen molar-refractivity contribution < 1.29 is 19.7 Å². The minimum atomic E-state index is -0.405. The number of carbonyl (C=O) groups excluding carboxylic acids is 1. The third-order valence-electron chi connectivity index (χ3n) is 2.88. The topological polar surface area (TPSA) is 66.8 Å². The van der Waals surface area contributed by atoms with E-state index < -0.39 is 5.78 Å². The lowest BCUT2D eigenvalue weighted by molar-refractivity contribution is 0.101. The predicted molar refractivity (Wildman–Crippen MR) is 76.8 cm³/mol. The quantitative estimate of drug-likeness (QED) is 0.784. The Morgan fingerprint density at radius 2 is 1.95 bits per heavy atom. The Kier molecular flexibility index (Phi) is 2.99. The van der Waals surface area contributed by atoms with Crippen molar-refractivity contribution in [1.29, 1.82) is 0 Å². The largest absolute Gasteiger partial charge is 0.508 e. The number of fused-ring (bicyclic) bond motifs is 1. The maximum absolute atomic E-state index is 12.2. The lowest BCUT2D eigenvalue weighted by atomic mass is 10.1. The van der Waals surface area contributed by atoms with Crippen LogP contribution < -0.4 is 4.74 Å². The minimum Gasteiger partial charge on any atom is -0.508 e. The highest BCUT2D eigenvalue weighted by atomic mass is 79.9. The van der Waals surface area contributed by atoms with E-state index in [1.54, 1.807) is 6.08 Å². The van der Waals surface area contributed by atoms with Gasteiger partial charge in [-0.3, -0.25) is 4.79 Å². The summed E-state index contributed by atoms with van der Waals surface area (Å²) in [6.45, 7) is 0. The second kappa shape index (κ2) is 4.68. The van der Waals surface area contributed by atoms with Crippen LogP contribution in [0.2, 0.25) is 0 Å². The Hall–Kier alpha value is -2.27. The van der Waals surface area contributed by atoms with E-state index in [1.807, 2.05) is 24.3 Å². The Bertz CT molecular complexity index is 750. The van der Waals surface area contributed by atoms with Gasteiger partial charge in [-0.1, -0.05) is 28.1 Å². The second-order valence-corrected chi connectivity index (χ2v) is 5.25. The molecule has 2 N–H and O–H groups in total. The van der Waals surface area contributed by atoms with Crippen LogP contribution in [0.25, 0.3) is 6.08 Å². The number of aromatic hydroxyl groups is 2. The van der Waals surface area contributed by atoms with Crippen LogP contribution in [0.1, 0.15) is 15.9 Å². The second-order valence-electron chi connectivity index (χ2n) is 4.33. The van der Waals surface area contributed by atoms with E-state index >= 15 is 0 Å². The van der Waals surface area contributed by atoms with Crippen LogP contribution in [-0.4, -0.2) is 16.0 Å². The number of carbonyl (C=O) groups is 1. The number of phenolic OH excluding ortho intramolecular Hbond substituents is 2. The van der Waals surface area contributed by atoms with Gasteiger partial charge >= 0.3 is 0 Å². The maximum atomic E-state index is 12.2. The lowest BCUT2D eigenvalue weighted by Gasteiger charge is -2.00. The summed E-state index contributed by atoms with van der Waals surface area (Å²) in [6, 6.07) is 9.79. The molecule has 0 bridgehead atoms. The summed E-state index contributed by atoms with van der Waals surface area (Å²) in [6.07, 6.45) is 1.59. The summed E-state index contributed by atoms with van der Waals surface area (Å²) in [5.41, 5.74) is 0.864. The van der Waals surface area contributed by atoms with Crippen molar-refractivity contribution in [2.45, 2.75) is 0 Å². The molecule has 0 atom stereocenters. The van der Waals surface area contributed by atoms with E-state index in [9.17, 15) is 15.0 Å². The van der Waals surface area contributed by atoms with Crippen molar-refractivity contribution in [1.82, 2.24) is 0 Å². The number of hydrogen-bond donors (Lipinski definition) is 2. The van der Waals surface area contributed by atoms with Crippen LogP contribution in [0.4, 0.5) is 0 Å². The molecule has 1 aliphatic rings. The van der Waals surface area contributed by atoms with E-state index in [-0.39, 0.29) is 28.6 Å². The number of Topliss-reactive ketones (excluding diaryl/α,β-unsaturated/α-hetero) is 1. The molecule has 4 nitrogen and oxygen atoms in total. The number of hydrogen-bond acceptors (Lipinski definition) is 4. The molecule has 0 radical (unpaired) electrons. The highest BCUT2D eigenvalue weighted by Crippen LogP contribution is 2.40. The Balaban J connectivity index is 2.04. The van der Waals surface area contributed by atoms with Gasteiger partial charge in [-0.25, -0.2) is 0 Å². The molecular weight excluding hydrogens is 324 g/mol. The van der Waals surface area contributed by atoms with Gasteiger partial charge in [-0.05, 0) is 23.8 Å². The first kappa shape index (κ1) is 12.7. The molecule has 0 saturated heterocycles. The zero-order valence-corrected chi connectivity index (χ0v) is 11.7. The lowest BCUT2D eigenvalue weighted by Crippen LogP contribution is -1.98. The summed E-state index contributed by atoms with van der Waals surface area (Å²) in [7, 11) is 0. The van der Waals surface area contributed by atoms with Gasteiger partial charge < -0.3 is 14.9 Å². The van der Waals surface area contributed by atoms with E-state index in [2.05, 4.69) is 15.9 Å². The number of allylic oxidation sites excluding steroid dienone is 1. The van der Waals surface area contributed by atoms with Gasteiger partial charge in [-0.15, -0.1) is 0 Å². The van der Waals surface area contributed by atoms with Crippen molar-refractivity contribution in [3.63, 3.8) is 0 Å². The van der Waals surface area contributed by atoms with Crippen molar-refractivity contribution in [3.05, 3.63) is 57.8 Å². The van der Waals surface area contributed by atoms with Crippen molar-refractivity contribution >= 4 is 27.8 Å². The first-order chi connectivity index (χ1) is 9.54. The predicted octanol–water partition coefficient (Wildman–Crippen LogP) is 3.48. The average molecular weight is 333 g/mol. The Labute approximate surface area is 123 Å². The number of phenols is 2. The van der Waals surface area contributed by atoms with E-state index in [0.717, 1.165) is 16.1 Å². The Morgan fingerprint density at radius 1 is 1.15 bits per heavy atom. The van der Waals surface area contributed by atoms with Crippen molar-refractivity contribution in [3.8, 4) is 17.2 Å². The van der Waals surface area contributed by atoms with Gasteiger partial charge in [-0.2, -0.15) is 0 Å². The third-order valence-corrected chi connectivity index (χ3v) is 3.38. The molecule has 20 heavy (non-hydrogen) atoms. The number of ether oxygens (including phenoxy) is 1. The summed E-state index contributed by atoms with van der Waals surface area (Å²) in [5.74, 6) is -0.578. The van der Waals surface area contributed by atoms with Gasteiger partial charge in [0.25, 0.3) is 0 Å². The van der Waals surface area contributed by atoms with E-state index in [4.69, 9.17) is 4.74 Å². The zero-order chi connectivity index (χ0) is 14.3. The molecule has 100 valence electrons. The average Bonchev–Trinajstić information content (AvgIpc) is 2.66. The van der Waals surface area contributed by atoms with Crippen LogP contribution >= 0.6 is 15.9 Å². The molecule has 3 rings (SSSR count). The molecule has 2 aromatic rings. The van der Waals surface area contributed by atoms with Crippen LogP contribution in [-0.2, 0) is 0 Å². The van der Waals surface area contributed by atoms with Gasteiger partial charge in [0.15, 0.2) is 5.76 Å². The summed E-state index contributed by atoms with van der Waals surface area (Å²) in [4.78, 5) is 12.2. The van der Waals surface area contributed by atoms with Gasteiger partial charge in [0.2, 0.25) is 5.78 Å². The normalized spacial score (nSPS) is 15.2. The number of benzene rings is 2. The molecule has 0 aromatic heterocycles. The molecule has 2 aromatic carbocycles. The maximum Gasteiger partial charge on any atom is 0.235 e. The van der Waals surface area contributed by atoms with Gasteiger partial charge in [0.05, 0.1) is 0 Å². The molecule has 0 amide bonds. The third kappa shape index (κ3) is 2.16. The zero-order valence-electron chi connectivity index (χ0n) is 10.1. The van der Waals surface area contributed by atoms with E-state index in [1.165, 1.54) is 6.07 Å². The molecule has 5 heteroatoms. The summed E-state index contributed by atoms with van der Waals surface area (Å²) < 4.78 is 6.29.